The molecule has 1 unspecified atom stereocenters. The maximum atomic E-state index is 13.3. The minimum absolute atomic E-state index is 0.141. The molecular formula is C21H24FN3O2. The van der Waals surface area contributed by atoms with Crippen LogP contribution in [0.4, 0.5) is 4.39 Å². The van der Waals surface area contributed by atoms with Crippen molar-refractivity contribution < 1.29 is 14.3 Å². The summed E-state index contributed by atoms with van der Waals surface area (Å²) in [7, 11) is 0. The number of aliphatic carboxylic acids is 1. The van der Waals surface area contributed by atoms with E-state index >= 15 is 0 Å². The zero-order valence-electron chi connectivity index (χ0n) is 16.0. The molecule has 0 fully saturated rings. The van der Waals surface area contributed by atoms with Crippen molar-refractivity contribution in [3.05, 3.63) is 53.1 Å². The number of fused-ring (bicyclic) bond motifs is 1. The fourth-order valence-corrected chi connectivity index (χ4v) is 3.36. The Kier molecular flexibility index (Phi) is 5.26. The highest BCUT2D eigenvalue weighted by Gasteiger charge is 2.23. The number of hydrogen-bond acceptors (Lipinski definition) is 3. The average molecular weight is 369 g/mol. The fraction of sp³-hybridized carbons (Fsp3) is 0.381. The highest BCUT2D eigenvalue weighted by molar-refractivity contribution is 5.85. The molecule has 0 radical (unpaired) electrons. The molecule has 2 aromatic heterocycles. The van der Waals surface area contributed by atoms with E-state index in [4.69, 9.17) is 5.10 Å². The maximum Gasteiger partial charge on any atom is 0.306 e. The van der Waals surface area contributed by atoms with Gasteiger partial charge < -0.3 is 5.11 Å². The van der Waals surface area contributed by atoms with Crippen LogP contribution >= 0.6 is 0 Å². The van der Waals surface area contributed by atoms with Crippen molar-refractivity contribution >= 4 is 17.0 Å². The summed E-state index contributed by atoms with van der Waals surface area (Å²) in [6.07, 6.45) is 0.988. The number of rotatable bonds is 6. The Morgan fingerprint density at radius 3 is 2.48 bits per heavy atom. The van der Waals surface area contributed by atoms with Crippen LogP contribution in [-0.2, 0) is 11.2 Å². The van der Waals surface area contributed by atoms with E-state index in [2.05, 4.69) is 18.8 Å². The average Bonchev–Trinajstić information content (AvgIpc) is 2.99. The van der Waals surface area contributed by atoms with E-state index in [-0.39, 0.29) is 11.7 Å². The number of pyridine rings is 1. The Morgan fingerprint density at radius 1 is 1.26 bits per heavy atom. The second kappa shape index (κ2) is 7.47. The molecule has 2 heterocycles. The molecular weight excluding hydrogens is 345 g/mol. The molecule has 1 N–H and O–H groups in total. The molecule has 0 aliphatic rings. The lowest BCUT2D eigenvalue weighted by Crippen LogP contribution is -2.16. The van der Waals surface area contributed by atoms with Crippen molar-refractivity contribution in [3.63, 3.8) is 0 Å². The zero-order valence-corrected chi connectivity index (χ0v) is 16.0. The normalized spacial score (nSPS) is 12.7. The van der Waals surface area contributed by atoms with Crippen LogP contribution < -0.4 is 0 Å². The van der Waals surface area contributed by atoms with Crippen LogP contribution in [0.5, 0.6) is 0 Å². The van der Waals surface area contributed by atoms with Gasteiger partial charge in [-0.2, -0.15) is 5.10 Å². The summed E-state index contributed by atoms with van der Waals surface area (Å²) in [6, 6.07) is 8.08. The molecule has 142 valence electrons. The summed E-state index contributed by atoms with van der Waals surface area (Å²) in [4.78, 5) is 16.2. The number of hydrogen-bond donors (Lipinski definition) is 1. The number of carbonyl (C=O) groups is 1. The van der Waals surface area contributed by atoms with Gasteiger partial charge in [-0.25, -0.2) is 14.1 Å². The molecule has 3 aromatic rings. The van der Waals surface area contributed by atoms with Crippen LogP contribution in [0.2, 0.25) is 0 Å². The molecule has 27 heavy (non-hydrogen) atoms. The van der Waals surface area contributed by atoms with Gasteiger partial charge in [0.2, 0.25) is 0 Å². The SMILES string of the molecule is CCC(Cc1cc(C)nc2c1c(C(C)C)nn2-c1ccc(F)cc1)C(=O)O. The van der Waals surface area contributed by atoms with E-state index in [0.29, 0.717) is 18.5 Å². The van der Waals surface area contributed by atoms with Crippen molar-refractivity contribution in [2.45, 2.75) is 46.5 Å². The molecule has 5 nitrogen and oxygen atoms in total. The molecule has 3 rings (SSSR count). The lowest BCUT2D eigenvalue weighted by Gasteiger charge is -2.13. The third-order valence-corrected chi connectivity index (χ3v) is 4.80. The van der Waals surface area contributed by atoms with E-state index < -0.39 is 11.9 Å². The molecule has 0 bridgehead atoms. The monoisotopic (exact) mass is 369 g/mol. The van der Waals surface area contributed by atoms with Gasteiger partial charge in [-0.15, -0.1) is 0 Å². The van der Waals surface area contributed by atoms with Gasteiger partial charge in [0.05, 0.1) is 17.3 Å². The molecule has 1 atom stereocenters. The number of benzene rings is 1. The summed E-state index contributed by atoms with van der Waals surface area (Å²) in [5.41, 5.74) is 4.03. The molecule has 1 aromatic carbocycles. The van der Waals surface area contributed by atoms with Crippen molar-refractivity contribution in [3.8, 4) is 5.69 Å². The smallest absolute Gasteiger partial charge is 0.306 e. The van der Waals surface area contributed by atoms with Gasteiger partial charge in [0.1, 0.15) is 5.82 Å². The lowest BCUT2D eigenvalue weighted by atomic mass is 9.93. The molecule has 0 amide bonds. The molecule has 0 spiro atoms. The van der Waals surface area contributed by atoms with E-state index in [1.54, 1.807) is 16.8 Å². The number of halogens is 1. The number of nitrogens with zero attached hydrogens (tertiary/aromatic N) is 3. The summed E-state index contributed by atoms with van der Waals surface area (Å²) < 4.78 is 15.1. The minimum atomic E-state index is -0.794. The predicted octanol–water partition coefficient (Wildman–Crippen LogP) is 4.64. The number of carboxylic acid groups (broad SMARTS) is 1. The van der Waals surface area contributed by atoms with E-state index in [9.17, 15) is 14.3 Å². The minimum Gasteiger partial charge on any atom is -0.481 e. The molecule has 0 saturated heterocycles. The molecule has 0 aliphatic heterocycles. The van der Waals surface area contributed by atoms with Crippen LogP contribution in [0.25, 0.3) is 16.7 Å². The number of aromatic nitrogens is 3. The molecule has 0 aliphatic carbocycles. The molecule has 0 saturated carbocycles. The summed E-state index contributed by atoms with van der Waals surface area (Å²) in [5.74, 6) is -1.42. The van der Waals surface area contributed by atoms with Crippen LogP contribution in [0.3, 0.4) is 0 Å². The van der Waals surface area contributed by atoms with Gasteiger partial charge in [0.15, 0.2) is 5.65 Å². The van der Waals surface area contributed by atoms with Crippen LogP contribution in [0.15, 0.2) is 30.3 Å². The first-order chi connectivity index (χ1) is 12.8. The first-order valence-corrected chi connectivity index (χ1v) is 9.19. The van der Waals surface area contributed by atoms with Crippen molar-refractivity contribution in [1.29, 1.82) is 0 Å². The van der Waals surface area contributed by atoms with E-state index in [1.165, 1.54) is 12.1 Å². The lowest BCUT2D eigenvalue weighted by molar-refractivity contribution is -0.141. The van der Waals surface area contributed by atoms with Gasteiger partial charge in [-0.05, 0) is 61.6 Å². The van der Waals surface area contributed by atoms with E-state index in [1.807, 2.05) is 19.9 Å². The van der Waals surface area contributed by atoms with Crippen molar-refractivity contribution in [1.82, 2.24) is 14.8 Å². The summed E-state index contributed by atoms with van der Waals surface area (Å²) >= 11 is 0. The van der Waals surface area contributed by atoms with Crippen LogP contribution in [-0.4, -0.2) is 25.8 Å². The topological polar surface area (TPSA) is 68.0 Å². The molecule has 6 heteroatoms. The Bertz CT molecular complexity index is 977. The highest BCUT2D eigenvalue weighted by Crippen LogP contribution is 2.31. The third-order valence-electron chi connectivity index (χ3n) is 4.80. The second-order valence-electron chi connectivity index (χ2n) is 7.20. The van der Waals surface area contributed by atoms with Crippen molar-refractivity contribution in [2.75, 3.05) is 0 Å². The van der Waals surface area contributed by atoms with E-state index in [0.717, 1.165) is 28.0 Å². The Balaban J connectivity index is 2.26. The van der Waals surface area contributed by atoms with Gasteiger partial charge in [0, 0.05) is 11.1 Å². The Labute approximate surface area is 157 Å². The first kappa shape index (κ1) is 19.0. The first-order valence-electron chi connectivity index (χ1n) is 9.19. The predicted molar refractivity (Wildman–Crippen MR) is 103 cm³/mol. The zero-order chi connectivity index (χ0) is 19.7. The Hall–Kier alpha value is -2.76. The van der Waals surface area contributed by atoms with Crippen LogP contribution in [0, 0.1) is 18.7 Å². The second-order valence-corrected chi connectivity index (χ2v) is 7.20. The van der Waals surface area contributed by atoms with Gasteiger partial charge >= 0.3 is 5.97 Å². The van der Waals surface area contributed by atoms with Gasteiger partial charge in [-0.3, -0.25) is 4.79 Å². The maximum absolute atomic E-state index is 13.3. The quantitative estimate of drug-likeness (QED) is 0.687. The number of carboxylic acids is 1. The van der Waals surface area contributed by atoms with Gasteiger partial charge in [-0.1, -0.05) is 20.8 Å². The fourth-order valence-electron chi connectivity index (χ4n) is 3.36. The van der Waals surface area contributed by atoms with Gasteiger partial charge in [0.25, 0.3) is 0 Å². The standard InChI is InChI=1S/C21H24FN3O2/c1-5-14(21(26)27)11-15-10-13(4)23-20-18(15)19(12(2)3)24-25(20)17-8-6-16(22)7-9-17/h6-10,12,14H,5,11H2,1-4H3,(H,26,27). The highest BCUT2D eigenvalue weighted by atomic mass is 19.1. The van der Waals surface area contributed by atoms with Crippen molar-refractivity contribution in [2.24, 2.45) is 5.92 Å². The largest absolute Gasteiger partial charge is 0.481 e. The van der Waals surface area contributed by atoms with Crippen LogP contribution in [0.1, 0.15) is 50.1 Å². The third kappa shape index (κ3) is 3.70. The summed E-state index contributed by atoms with van der Waals surface area (Å²) in [5, 5.41) is 15.1. The number of aryl methyl sites for hydroxylation is 1. The summed E-state index contributed by atoms with van der Waals surface area (Å²) in [6.45, 7) is 7.88. The Morgan fingerprint density at radius 2 is 1.93 bits per heavy atom.